The maximum Gasteiger partial charge on any atom is 0.300 e. The van der Waals surface area contributed by atoms with Crippen molar-refractivity contribution < 1.29 is 9.90 Å². The number of rotatable bonds is 0. The molecule has 0 amide bonds. The van der Waals surface area contributed by atoms with E-state index in [1.807, 2.05) is 0 Å². The van der Waals surface area contributed by atoms with Crippen LogP contribution >= 0.6 is 0 Å². The van der Waals surface area contributed by atoms with Crippen molar-refractivity contribution >= 4 is 5.97 Å². The van der Waals surface area contributed by atoms with Gasteiger partial charge in [-0.15, -0.1) is 0 Å². The zero-order chi connectivity index (χ0) is 5.58. The van der Waals surface area contributed by atoms with Crippen LogP contribution in [0.5, 0.6) is 0 Å². The summed E-state index contributed by atoms with van der Waals surface area (Å²) in [6.07, 6.45) is 0. The number of hydrazine groups is 1. The summed E-state index contributed by atoms with van der Waals surface area (Å²) in [6.45, 7) is 1.08. The van der Waals surface area contributed by atoms with Gasteiger partial charge in [0.05, 0.1) is 0 Å². The van der Waals surface area contributed by atoms with Gasteiger partial charge in [0.15, 0.2) is 0 Å². The van der Waals surface area contributed by atoms with Crippen molar-refractivity contribution in [3.8, 4) is 0 Å². The third kappa shape index (κ3) is 52.0. The Bertz CT molecular complexity index is 32.5. The van der Waals surface area contributed by atoms with E-state index in [2.05, 4.69) is 11.7 Å². The zero-order valence-corrected chi connectivity index (χ0v) is 3.51. The van der Waals surface area contributed by atoms with Gasteiger partial charge in [0.25, 0.3) is 5.97 Å². The van der Waals surface area contributed by atoms with Crippen LogP contribution < -0.4 is 11.7 Å². The first-order valence-electron chi connectivity index (χ1n) is 1.26. The van der Waals surface area contributed by atoms with E-state index in [1.165, 1.54) is 0 Å². The van der Waals surface area contributed by atoms with Crippen LogP contribution in [0.3, 0.4) is 0 Å². The fourth-order valence-corrected chi connectivity index (χ4v) is 0. The normalized spacial score (nSPS) is 5.17. The van der Waals surface area contributed by atoms with E-state index in [4.69, 9.17) is 9.90 Å². The number of hydrogen-bond acceptors (Lipinski definition) is 3. The summed E-state index contributed by atoms with van der Waals surface area (Å²) in [5.74, 6) is 7.17. The molecule has 0 saturated heterocycles. The smallest absolute Gasteiger partial charge is 0.300 e. The molecule has 4 nitrogen and oxygen atoms in total. The van der Waals surface area contributed by atoms with Crippen LogP contribution in [0.2, 0.25) is 0 Å². The van der Waals surface area contributed by atoms with Gasteiger partial charge < -0.3 is 5.11 Å². The van der Waals surface area contributed by atoms with E-state index in [-0.39, 0.29) is 0 Å². The Morgan fingerprint density at radius 2 is 1.67 bits per heavy atom. The molecular weight excluding hydrogens is 84.0 g/mol. The van der Waals surface area contributed by atoms with Crippen molar-refractivity contribution in [3.63, 3.8) is 0 Å². The number of carboxylic acid groups (broad SMARTS) is 1. The highest BCUT2D eigenvalue weighted by Gasteiger charge is 1.65. The molecular formula is C2H8N2O2. The van der Waals surface area contributed by atoms with Crippen LogP contribution in [0.1, 0.15) is 6.92 Å². The van der Waals surface area contributed by atoms with Crippen molar-refractivity contribution in [2.75, 3.05) is 0 Å². The molecule has 0 heterocycles. The maximum absolute atomic E-state index is 9.00. The number of carbonyl (C=O) groups is 1. The third-order valence-electron chi connectivity index (χ3n) is 0. The van der Waals surface area contributed by atoms with Crippen LogP contribution in [-0.2, 0) is 4.79 Å². The van der Waals surface area contributed by atoms with Gasteiger partial charge in [0.1, 0.15) is 0 Å². The zero-order valence-electron chi connectivity index (χ0n) is 3.51. The summed E-state index contributed by atoms with van der Waals surface area (Å²) < 4.78 is 0. The predicted octanol–water partition coefficient (Wildman–Crippen LogP) is -1.09. The van der Waals surface area contributed by atoms with Crippen molar-refractivity contribution in [3.05, 3.63) is 0 Å². The van der Waals surface area contributed by atoms with Crippen molar-refractivity contribution in [1.82, 2.24) is 0 Å². The monoisotopic (exact) mass is 92.1 g/mol. The molecule has 0 rings (SSSR count). The molecule has 5 N–H and O–H groups in total. The minimum Gasteiger partial charge on any atom is -0.481 e. The second kappa shape index (κ2) is 8.83. The molecule has 0 aromatic heterocycles. The summed E-state index contributed by atoms with van der Waals surface area (Å²) in [5.41, 5.74) is 0. The summed E-state index contributed by atoms with van der Waals surface area (Å²) in [6, 6.07) is 0. The van der Waals surface area contributed by atoms with Crippen LogP contribution in [0, 0.1) is 0 Å². The molecule has 6 heavy (non-hydrogen) atoms. The van der Waals surface area contributed by atoms with Gasteiger partial charge in [0, 0.05) is 6.92 Å². The van der Waals surface area contributed by atoms with Crippen molar-refractivity contribution in [2.45, 2.75) is 6.92 Å². The van der Waals surface area contributed by atoms with E-state index >= 15 is 0 Å². The lowest BCUT2D eigenvalue weighted by Gasteiger charge is -1.59. The summed E-state index contributed by atoms with van der Waals surface area (Å²) >= 11 is 0. The Morgan fingerprint density at radius 1 is 1.67 bits per heavy atom. The molecule has 4 heteroatoms. The standard InChI is InChI=1S/C2H4O2.H4N2/c1-2(3)4;1-2/h1H3,(H,3,4);1-2H2. The molecule has 0 atom stereocenters. The van der Waals surface area contributed by atoms with Gasteiger partial charge in [-0.25, -0.2) is 0 Å². The molecule has 0 saturated carbocycles. The molecule has 0 aromatic rings. The number of nitrogens with two attached hydrogens (primary N) is 2. The molecule has 38 valence electrons. The Morgan fingerprint density at radius 3 is 1.67 bits per heavy atom. The Labute approximate surface area is 35.7 Å². The highest BCUT2D eigenvalue weighted by atomic mass is 16.4. The summed E-state index contributed by atoms with van der Waals surface area (Å²) in [5, 5.41) is 7.42. The highest BCUT2D eigenvalue weighted by molar-refractivity contribution is 5.62. The minimum absolute atomic E-state index is 0.833. The van der Waals surface area contributed by atoms with Gasteiger partial charge in [-0.05, 0) is 0 Å². The van der Waals surface area contributed by atoms with Crippen molar-refractivity contribution in [1.29, 1.82) is 0 Å². The number of carboxylic acids is 1. The summed E-state index contributed by atoms with van der Waals surface area (Å²) in [7, 11) is 0. The Kier molecular flexibility index (Phi) is 13.3. The predicted molar refractivity (Wildman–Crippen MR) is 21.7 cm³/mol. The Balaban J connectivity index is 0. The quantitative estimate of drug-likeness (QED) is 0.261. The molecule has 0 radical (unpaired) electrons. The van der Waals surface area contributed by atoms with Crippen LogP contribution in [-0.4, -0.2) is 11.1 Å². The molecule has 0 aromatic carbocycles. The molecule has 0 unspecified atom stereocenters. The molecule has 0 aliphatic carbocycles. The van der Waals surface area contributed by atoms with Crippen LogP contribution in [0.15, 0.2) is 0 Å². The fraction of sp³-hybridized carbons (Fsp3) is 0.500. The van der Waals surface area contributed by atoms with Gasteiger partial charge >= 0.3 is 0 Å². The van der Waals surface area contributed by atoms with Gasteiger partial charge in [-0.1, -0.05) is 0 Å². The molecule has 0 spiro atoms. The van der Waals surface area contributed by atoms with Crippen molar-refractivity contribution in [2.24, 2.45) is 11.7 Å². The third-order valence-corrected chi connectivity index (χ3v) is 0. The lowest BCUT2D eigenvalue weighted by molar-refractivity contribution is -0.134. The largest absolute Gasteiger partial charge is 0.481 e. The van der Waals surface area contributed by atoms with Crippen LogP contribution in [0.25, 0.3) is 0 Å². The second-order valence-corrected chi connectivity index (χ2v) is 0.519. The fourth-order valence-electron chi connectivity index (χ4n) is 0. The average molecular weight is 92.1 g/mol. The van der Waals surface area contributed by atoms with E-state index in [0.717, 1.165) is 6.92 Å². The SMILES string of the molecule is CC(=O)O.NN. The first-order chi connectivity index (χ1) is 2.73. The molecule has 0 aliphatic heterocycles. The van der Waals surface area contributed by atoms with E-state index < -0.39 is 5.97 Å². The number of aliphatic carboxylic acids is 1. The first kappa shape index (κ1) is 9.04. The van der Waals surface area contributed by atoms with E-state index in [1.54, 1.807) is 0 Å². The Hall–Kier alpha value is -0.610. The molecule has 0 aliphatic rings. The van der Waals surface area contributed by atoms with E-state index in [9.17, 15) is 0 Å². The highest BCUT2D eigenvalue weighted by Crippen LogP contribution is 1.42. The van der Waals surface area contributed by atoms with E-state index in [0.29, 0.717) is 0 Å². The molecule has 0 bridgehead atoms. The number of hydrogen-bond donors (Lipinski definition) is 3. The second-order valence-electron chi connectivity index (χ2n) is 0.519. The van der Waals surface area contributed by atoms with Crippen LogP contribution in [0.4, 0.5) is 0 Å². The maximum atomic E-state index is 9.00. The molecule has 0 fully saturated rings. The summed E-state index contributed by atoms with van der Waals surface area (Å²) in [4.78, 5) is 9.00. The first-order valence-corrected chi connectivity index (χ1v) is 1.26. The van der Waals surface area contributed by atoms with Gasteiger partial charge in [-0.3, -0.25) is 16.5 Å². The lowest BCUT2D eigenvalue weighted by Crippen LogP contribution is -2.02. The van der Waals surface area contributed by atoms with Gasteiger partial charge in [0.2, 0.25) is 0 Å². The minimum atomic E-state index is -0.833. The van der Waals surface area contributed by atoms with Gasteiger partial charge in [-0.2, -0.15) is 0 Å². The lowest BCUT2D eigenvalue weighted by atomic mass is 10.9. The average Bonchev–Trinajstić information content (AvgIpc) is 1.41. The topological polar surface area (TPSA) is 89.3 Å².